The third-order valence-corrected chi connectivity index (χ3v) is 6.49. The first-order valence-corrected chi connectivity index (χ1v) is 9.67. The molecule has 0 spiro atoms. The number of aromatic amines is 1. The van der Waals surface area contributed by atoms with Crippen LogP contribution in [0.15, 0.2) is 35.2 Å². The number of hydrogen-bond acceptors (Lipinski definition) is 3. The molecule has 1 aromatic heterocycles. The van der Waals surface area contributed by atoms with Crippen molar-refractivity contribution in [3.8, 4) is 0 Å². The molecule has 0 radical (unpaired) electrons. The van der Waals surface area contributed by atoms with Crippen LogP contribution in [0.2, 0.25) is 10.0 Å². The van der Waals surface area contributed by atoms with Gasteiger partial charge in [0.15, 0.2) is 0 Å². The lowest BCUT2D eigenvalue weighted by atomic mass is 10.0. The van der Waals surface area contributed by atoms with Gasteiger partial charge in [0.1, 0.15) is 11.3 Å². The van der Waals surface area contributed by atoms with E-state index in [0.717, 1.165) is 34.9 Å². The SMILES string of the molecule is Fc1cc(Cl)cc2c1NC(N1CCc3c([nH]c4ccc(Cl)cc34)C1)S2. The minimum atomic E-state index is -0.296. The van der Waals surface area contributed by atoms with Crippen LogP contribution in [0.25, 0.3) is 10.9 Å². The summed E-state index contributed by atoms with van der Waals surface area (Å²) in [4.78, 5) is 6.69. The zero-order chi connectivity index (χ0) is 17.1. The van der Waals surface area contributed by atoms with Gasteiger partial charge in [-0.1, -0.05) is 35.0 Å². The molecule has 25 heavy (non-hydrogen) atoms. The Morgan fingerprint density at radius 1 is 1.16 bits per heavy atom. The highest BCUT2D eigenvalue weighted by Gasteiger charge is 2.32. The molecule has 0 fully saturated rings. The van der Waals surface area contributed by atoms with Gasteiger partial charge in [0.2, 0.25) is 0 Å². The van der Waals surface area contributed by atoms with Gasteiger partial charge in [0, 0.05) is 44.6 Å². The van der Waals surface area contributed by atoms with Crippen molar-refractivity contribution in [1.29, 1.82) is 0 Å². The van der Waals surface area contributed by atoms with E-state index in [-0.39, 0.29) is 11.3 Å². The number of fused-ring (bicyclic) bond motifs is 4. The Morgan fingerprint density at radius 3 is 2.92 bits per heavy atom. The lowest BCUT2D eigenvalue weighted by Gasteiger charge is -2.31. The van der Waals surface area contributed by atoms with Gasteiger partial charge >= 0.3 is 0 Å². The largest absolute Gasteiger partial charge is 0.358 e. The first-order valence-electron chi connectivity index (χ1n) is 8.04. The summed E-state index contributed by atoms with van der Waals surface area (Å²) in [5.74, 6) is -0.296. The van der Waals surface area contributed by atoms with E-state index in [0.29, 0.717) is 10.7 Å². The zero-order valence-electron chi connectivity index (χ0n) is 13.1. The van der Waals surface area contributed by atoms with Crippen molar-refractivity contribution < 1.29 is 4.39 Å². The monoisotopic (exact) mass is 393 g/mol. The molecular weight excluding hydrogens is 380 g/mol. The predicted octanol–water partition coefficient (Wildman–Crippen LogP) is 5.47. The fourth-order valence-electron chi connectivity index (χ4n) is 3.66. The summed E-state index contributed by atoms with van der Waals surface area (Å²) < 4.78 is 14.1. The van der Waals surface area contributed by atoms with Crippen molar-refractivity contribution in [1.82, 2.24) is 9.88 Å². The van der Waals surface area contributed by atoms with Crippen molar-refractivity contribution in [2.45, 2.75) is 23.4 Å². The molecule has 0 amide bonds. The third-order valence-electron chi connectivity index (χ3n) is 4.82. The normalized spacial score (nSPS) is 19.7. The van der Waals surface area contributed by atoms with Crippen LogP contribution in [0.1, 0.15) is 11.3 Å². The molecule has 0 aliphatic carbocycles. The highest BCUT2D eigenvalue weighted by atomic mass is 35.5. The molecule has 3 nitrogen and oxygen atoms in total. The van der Waals surface area contributed by atoms with E-state index < -0.39 is 0 Å². The van der Waals surface area contributed by atoms with Gasteiger partial charge in [-0.2, -0.15) is 0 Å². The summed E-state index contributed by atoms with van der Waals surface area (Å²) in [6.07, 6.45) is 0.938. The molecule has 3 aromatic rings. The van der Waals surface area contributed by atoms with E-state index in [2.05, 4.69) is 15.2 Å². The smallest absolute Gasteiger partial charge is 0.148 e. The molecule has 7 heteroatoms. The van der Waals surface area contributed by atoms with Crippen LogP contribution >= 0.6 is 35.0 Å². The van der Waals surface area contributed by atoms with E-state index >= 15 is 0 Å². The highest BCUT2D eigenvalue weighted by Crippen LogP contribution is 2.44. The lowest BCUT2D eigenvalue weighted by Crippen LogP contribution is -2.40. The summed E-state index contributed by atoms with van der Waals surface area (Å²) in [5.41, 5.74) is 4.22. The van der Waals surface area contributed by atoms with E-state index in [1.807, 2.05) is 24.3 Å². The number of H-pyrrole nitrogens is 1. The second kappa shape index (κ2) is 5.81. The molecule has 128 valence electrons. The number of anilines is 1. The Labute approximate surface area is 158 Å². The Hall–Kier alpha value is -1.40. The number of halogens is 3. The molecule has 2 N–H and O–H groups in total. The van der Waals surface area contributed by atoms with E-state index in [1.165, 1.54) is 22.7 Å². The van der Waals surface area contributed by atoms with Gasteiger partial charge in [0.25, 0.3) is 0 Å². The number of nitrogens with one attached hydrogen (secondary N) is 2. The fourth-order valence-corrected chi connectivity index (χ4v) is 5.31. The number of thioether (sulfide) groups is 1. The van der Waals surface area contributed by atoms with Crippen LogP contribution < -0.4 is 5.32 Å². The van der Waals surface area contributed by atoms with Gasteiger partial charge in [0.05, 0.1) is 5.69 Å². The van der Waals surface area contributed by atoms with Crippen molar-refractivity contribution in [2.75, 3.05) is 11.9 Å². The number of aromatic nitrogens is 1. The van der Waals surface area contributed by atoms with Gasteiger partial charge < -0.3 is 10.3 Å². The van der Waals surface area contributed by atoms with Crippen LogP contribution in [0.4, 0.5) is 10.1 Å². The van der Waals surface area contributed by atoms with E-state index in [1.54, 1.807) is 11.8 Å². The van der Waals surface area contributed by atoms with Crippen LogP contribution in [0, 0.1) is 5.82 Å². The fraction of sp³-hybridized carbons (Fsp3) is 0.222. The Balaban J connectivity index is 1.43. The second-order valence-corrected chi connectivity index (χ2v) is 8.36. The Kier molecular flexibility index (Phi) is 3.68. The summed E-state index contributed by atoms with van der Waals surface area (Å²) in [5, 5.41) is 5.68. The number of benzene rings is 2. The van der Waals surface area contributed by atoms with Crippen LogP contribution in [-0.2, 0) is 13.0 Å². The summed E-state index contributed by atoms with van der Waals surface area (Å²) in [6, 6.07) is 9.12. The van der Waals surface area contributed by atoms with E-state index in [4.69, 9.17) is 23.2 Å². The summed E-state index contributed by atoms with van der Waals surface area (Å²) in [6.45, 7) is 1.69. The zero-order valence-corrected chi connectivity index (χ0v) is 15.4. The van der Waals surface area contributed by atoms with Crippen molar-refractivity contribution in [3.63, 3.8) is 0 Å². The molecule has 1 atom stereocenters. The molecule has 0 saturated heterocycles. The lowest BCUT2D eigenvalue weighted by molar-refractivity contribution is 0.251. The molecule has 2 aromatic carbocycles. The summed E-state index contributed by atoms with van der Waals surface area (Å²) in [7, 11) is 0. The molecule has 2 aliphatic rings. The van der Waals surface area contributed by atoms with Gasteiger partial charge in [-0.3, -0.25) is 4.90 Å². The average Bonchev–Trinajstić information content (AvgIpc) is 3.15. The average molecular weight is 394 g/mol. The molecule has 0 saturated carbocycles. The molecule has 0 bridgehead atoms. The number of nitrogens with zero attached hydrogens (tertiary/aromatic N) is 1. The first-order chi connectivity index (χ1) is 12.1. The van der Waals surface area contributed by atoms with E-state index in [9.17, 15) is 4.39 Å². The standard InChI is InChI=1S/C18H14Cl2FN3S/c19-9-1-2-14-12(5-9)11-3-4-24(8-15(11)22-14)18-23-17-13(21)6-10(20)7-16(17)25-18/h1-2,5-7,18,22-23H,3-4,8H2. The first kappa shape index (κ1) is 15.8. The second-order valence-electron chi connectivity index (χ2n) is 6.37. The third kappa shape index (κ3) is 2.61. The molecule has 5 rings (SSSR count). The van der Waals surface area contributed by atoms with Gasteiger partial charge in [-0.05, 0) is 42.3 Å². The van der Waals surface area contributed by atoms with Crippen LogP contribution in [0.5, 0.6) is 0 Å². The summed E-state index contributed by atoms with van der Waals surface area (Å²) >= 11 is 13.7. The Morgan fingerprint density at radius 2 is 2.04 bits per heavy atom. The van der Waals surface area contributed by atoms with Crippen molar-refractivity contribution in [2.24, 2.45) is 0 Å². The molecule has 1 unspecified atom stereocenters. The van der Waals surface area contributed by atoms with Gasteiger partial charge in [-0.15, -0.1) is 0 Å². The van der Waals surface area contributed by atoms with Crippen molar-refractivity contribution in [3.05, 3.63) is 57.5 Å². The number of hydrogen-bond donors (Lipinski definition) is 2. The maximum absolute atomic E-state index is 14.1. The number of rotatable bonds is 1. The highest BCUT2D eigenvalue weighted by molar-refractivity contribution is 8.00. The Bertz CT molecular complexity index is 1000. The molecule has 3 heterocycles. The minimum Gasteiger partial charge on any atom is -0.358 e. The maximum Gasteiger partial charge on any atom is 0.148 e. The molecular formula is C18H14Cl2FN3S. The minimum absolute atomic E-state index is 0.00566. The van der Waals surface area contributed by atoms with Crippen LogP contribution in [0.3, 0.4) is 0 Å². The topological polar surface area (TPSA) is 31.1 Å². The quantitative estimate of drug-likeness (QED) is 0.574. The van der Waals surface area contributed by atoms with Gasteiger partial charge in [-0.25, -0.2) is 4.39 Å². The predicted molar refractivity (Wildman–Crippen MR) is 102 cm³/mol. The van der Waals surface area contributed by atoms with Crippen molar-refractivity contribution >= 4 is 51.6 Å². The maximum atomic E-state index is 14.1. The molecule has 2 aliphatic heterocycles. The van der Waals surface area contributed by atoms with Crippen LogP contribution in [-0.4, -0.2) is 21.9 Å².